The highest BCUT2D eigenvalue weighted by molar-refractivity contribution is 14.1. The number of amides is 2. The van der Waals surface area contributed by atoms with Crippen molar-refractivity contribution >= 4 is 40.4 Å². The van der Waals surface area contributed by atoms with Gasteiger partial charge in [-0.05, 0) is 40.8 Å². The van der Waals surface area contributed by atoms with Crippen LogP contribution in [0.15, 0.2) is 18.2 Å². The van der Waals surface area contributed by atoms with Crippen LogP contribution in [0.2, 0.25) is 0 Å². The number of rotatable bonds is 5. The molecule has 1 aromatic rings. The first-order valence-electron chi connectivity index (χ1n) is 5.11. The summed E-state index contributed by atoms with van der Waals surface area (Å²) in [5.74, 6) is -3.29. The number of carbonyl (C=O) groups is 3. The number of hydrogen-bond acceptors (Lipinski definition) is 4. The third kappa shape index (κ3) is 4.39. The molecule has 0 spiro atoms. The van der Waals surface area contributed by atoms with Crippen LogP contribution in [0.25, 0.3) is 0 Å². The van der Waals surface area contributed by atoms with Crippen LogP contribution in [0.4, 0.5) is 0 Å². The molecular formula is C11H11IN2O5. The van der Waals surface area contributed by atoms with Gasteiger partial charge in [0.1, 0.15) is 11.8 Å². The van der Waals surface area contributed by atoms with E-state index in [2.05, 4.69) is 5.32 Å². The van der Waals surface area contributed by atoms with Gasteiger partial charge in [0.2, 0.25) is 5.91 Å². The summed E-state index contributed by atoms with van der Waals surface area (Å²) in [6.45, 7) is 0. The first-order valence-corrected chi connectivity index (χ1v) is 6.19. The minimum atomic E-state index is -1.43. The van der Waals surface area contributed by atoms with Gasteiger partial charge in [-0.1, -0.05) is 0 Å². The van der Waals surface area contributed by atoms with Crippen molar-refractivity contribution in [3.63, 3.8) is 0 Å². The largest absolute Gasteiger partial charge is 0.507 e. The molecule has 0 fully saturated rings. The van der Waals surface area contributed by atoms with Gasteiger partial charge in [0.15, 0.2) is 0 Å². The Balaban J connectivity index is 2.90. The van der Waals surface area contributed by atoms with Crippen molar-refractivity contribution in [3.05, 3.63) is 27.3 Å². The van der Waals surface area contributed by atoms with E-state index in [4.69, 9.17) is 10.8 Å². The van der Waals surface area contributed by atoms with Crippen molar-refractivity contribution in [2.24, 2.45) is 5.73 Å². The molecule has 1 aromatic carbocycles. The molecule has 0 bridgehead atoms. The van der Waals surface area contributed by atoms with Gasteiger partial charge in [0.05, 0.1) is 12.0 Å². The maximum Gasteiger partial charge on any atom is 0.326 e. The summed E-state index contributed by atoms with van der Waals surface area (Å²) >= 11 is 1.94. The van der Waals surface area contributed by atoms with Crippen LogP contribution in [-0.4, -0.2) is 34.0 Å². The van der Waals surface area contributed by atoms with Gasteiger partial charge >= 0.3 is 5.97 Å². The molecule has 102 valence electrons. The minimum Gasteiger partial charge on any atom is -0.507 e. The molecule has 0 saturated heterocycles. The number of aliphatic carboxylic acids is 1. The zero-order valence-corrected chi connectivity index (χ0v) is 11.7. The van der Waals surface area contributed by atoms with Crippen LogP contribution in [0.5, 0.6) is 5.75 Å². The smallest absolute Gasteiger partial charge is 0.326 e. The molecule has 0 saturated carbocycles. The molecule has 1 atom stereocenters. The average molecular weight is 378 g/mol. The Morgan fingerprint density at radius 3 is 2.53 bits per heavy atom. The van der Waals surface area contributed by atoms with Gasteiger partial charge in [-0.2, -0.15) is 0 Å². The van der Waals surface area contributed by atoms with E-state index in [1.807, 2.05) is 22.6 Å². The summed E-state index contributed by atoms with van der Waals surface area (Å²) in [4.78, 5) is 33.4. The van der Waals surface area contributed by atoms with Gasteiger partial charge in [0, 0.05) is 3.57 Å². The molecule has 0 radical (unpaired) electrons. The number of carbonyl (C=O) groups excluding carboxylic acids is 2. The number of carboxylic acid groups (broad SMARTS) is 1. The molecule has 2 amide bonds. The van der Waals surface area contributed by atoms with Crippen molar-refractivity contribution in [2.75, 3.05) is 0 Å². The number of halogens is 1. The predicted molar refractivity (Wildman–Crippen MR) is 73.5 cm³/mol. The van der Waals surface area contributed by atoms with E-state index >= 15 is 0 Å². The quantitative estimate of drug-likeness (QED) is 0.539. The fourth-order valence-corrected chi connectivity index (χ4v) is 1.82. The van der Waals surface area contributed by atoms with Crippen molar-refractivity contribution in [1.29, 1.82) is 0 Å². The summed E-state index contributed by atoms with van der Waals surface area (Å²) in [7, 11) is 0. The number of nitrogens with two attached hydrogens (primary N) is 1. The van der Waals surface area contributed by atoms with E-state index in [9.17, 15) is 19.5 Å². The SMILES string of the molecule is NC(=O)C[C@H](NC(=O)c1cc(I)ccc1O)C(=O)O. The van der Waals surface area contributed by atoms with Crippen molar-refractivity contribution in [2.45, 2.75) is 12.5 Å². The molecule has 0 aliphatic heterocycles. The Morgan fingerprint density at radius 1 is 1.37 bits per heavy atom. The van der Waals surface area contributed by atoms with E-state index in [1.165, 1.54) is 12.1 Å². The van der Waals surface area contributed by atoms with Gasteiger partial charge < -0.3 is 21.3 Å². The van der Waals surface area contributed by atoms with Crippen molar-refractivity contribution in [1.82, 2.24) is 5.32 Å². The first-order chi connectivity index (χ1) is 8.81. The molecule has 0 aliphatic rings. The fraction of sp³-hybridized carbons (Fsp3) is 0.182. The number of aromatic hydroxyl groups is 1. The Kier molecular flexibility index (Phi) is 5.10. The Hall–Kier alpha value is -1.84. The number of primary amides is 1. The zero-order valence-electron chi connectivity index (χ0n) is 9.59. The normalized spacial score (nSPS) is 11.6. The molecule has 7 nitrogen and oxygen atoms in total. The standard InChI is InChI=1S/C11H11IN2O5/c12-5-1-2-8(15)6(3-5)10(17)14-7(11(18)19)4-9(13)16/h1-3,7,15H,4H2,(H2,13,16)(H,14,17)(H,18,19)/t7-/m0/s1. The van der Waals surface area contributed by atoms with Gasteiger partial charge in [-0.3, -0.25) is 9.59 Å². The molecule has 5 N–H and O–H groups in total. The van der Waals surface area contributed by atoms with Gasteiger partial charge in [-0.15, -0.1) is 0 Å². The topological polar surface area (TPSA) is 130 Å². The van der Waals surface area contributed by atoms with Crippen LogP contribution in [-0.2, 0) is 9.59 Å². The van der Waals surface area contributed by atoms with E-state index in [1.54, 1.807) is 6.07 Å². The summed E-state index contributed by atoms with van der Waals surface area (Å²) in [6.07, 6.45) is -0.522. The molecule has 1 rings (SSSR count). The summed E-state index contributed by atoms with van der Waals surface area (Å²) < 4.78 is 0.697. The van der Waals surface area contributed by atoms with E-state index in [0.29, 0.717) is 3.57 Å². The van der Waals surface area contributed by atoms with Crippen molar-refractivity contribution < 1.29 is 24.6 Å². The Morgan fingerprint density at radius 2 is 2.00 bits per heavy atom. The number of hydrogen-bond donors (Lipinski definition) is 4. The second-order valence-corrected chi connectivity index (χ2v) is 4.94. The summed E-state index contributed by atoms with van der Waals surface area (Å²) in [6, 6.07) is 2.88. The highest BCUT2D eigenvalue weighted by Crippen LogP contribution is 2.19. The van der Waals surface area contributed by atoms with E-state index < -0.39 is 30.2 Å². The molecule has 0 aromatic heterocycles. The third-order valence-electron chi connectivity index (χ3n) is 2.21. The Bertz CT molecular complexity index is 532. The molecule has 0 heterocycles. The minimum absolute atomic E-state index is 0.0670. The lowest BCUT2D eigenvalue weighted by atomic mass is 10.1. The number of carboxylic acids is 1. The fourth-order valence-electron chi connectivity index (χ4n) is 1.33. The van der Waals surface area contributed by atoms with Crippen LogP contribution >= 0.6 is 22.6 Å². The van der Waals surface area contributed by atoms with Crippen LogP contribution in [0.1, 0.15) is 16.8 Å². The van der Waals surface area contributed by atoms with Gasteiger partial charge in [0.25, 0.3) is 5.91 Å². The molecule has 0 unspecified atom stereocenters. The lowest BCUT2D eigenvalue weighted by Crippen LogP contribution is -2.43. The lowest BCUT2D eigenvalue weighted by molar-refractivity contribution is -0.140. The third-order valence-corrected chi connectivity index (χ3v) is 2.88. The van der Waals surface area contributed by atoms with Crippen LogP contribution < -0.4 is 11.1 Å². The average Bonchev–Trinajstić information content (AvgIpc) is 2.30. The lowest BCUT2D eigenvalue weighted by Gasteiger charge is -2.13. The van der Waals surface area contributed by atoms with Crippen LogP contribution in [0, 0.1) is 3.57 Å². The second kappa shape index (κ2) is 6.36. The van der Waals surface area contributed by atoms with E-state index in [-0.39, 0.29) is 11.3 Å². The zero-order chi connectivity index (χ0) is 14.6. The van der Waals surface area contributed by atoms with Crippen molar-refractivity contribution in [3.8, 4) is 5.75 Å². The number of phenolic OH excluding ortho intramolecular Hbond substituents is 1. The molecule has 0 aliphatic carbocycles. The monoisotopic (exact) mass is 378 g/mol. The van der Waals surface area contributed by atoms with E-state index in [0.717, 1.165) is 0 Å². The molecule has 19 heavy (non-hydrogen) atoms. The predicted octanol–water partition coefficient (Wildman–Crippen LogP) is 0.0552. The number of phenols is 1. The maximum absolute atomic E-state index is 11.8. The van der Waals surface area contributed by atoms with Crippen LogP contribution in [0.3, 0.4) is 0 Å². The molecular weight excluding hydrogens is 367 g/mol. The maximum atomic E-state index is 11.8. The second-order valence-electron chi connectivity index (χ2n) is 3.70. The van der Waals surface area contributed by atoms with Gasteiger partial charge in [-0.25, -0.2) is 4.79 Å². The Labute approximate surface area is 121 Å². The summed E-state index contributed by atoms with van der Waals surface area (Å²) in [5, 5.41) is 20.5. The highest BCUT2D eigenvalue weighted by atomic mass is 127. The number of nitrogens with one attached hydrogen (secondary N) is 1. The first kappa shape index (κ1) is 15.2. The molecule has 8 heteroatoms. The number of benzene rings is 1. The highest BCUT2D eigenvalue weighted by Gasteiger charge is 2.23. The summed E-state index contributed by atoms with van der Waals surface area (Å²) in [5.41, 5.74) is 4.83.